The van der Waals surface area contributed by atoms with Crippen LogP contribution in [0.2, 0.25) is 0 Å². The third kappa shape index (κ3) is 9.52. The molecule has 0 aliphatic heterocycles. The van der Waals surface area contributed by atoms with Gasteiger partial charge in [-0.1, -0.05) is 111 Å². The highest BCUT2D eigenvalue weighted by atomic mass is 32.1. The Morgan fingerprint density at radius 1 is 0.941 bits per heavy atom. The largest absolute Gasteiger partial charge is 0.176 e. The van der Waals surface area contributed by atoms with E-state index >= 15 is 0 Å². The average molecular weight is 491 g/mol. The molecule has 2 aliphatic rings. The molecule has 0 aromatic carbocycles. The molecule has 0 nitrogen and oxygen atoms in total. The van der Waals surface area contributed by atoms with Crippen molar-refractivity contribution < 1.29 is 0 Å². The first-order valence-corrected chi connectivity index (χ1v) is 16.0. The summed E-state index contributed by atoms with van der Waals surface area (Å²) in [7, 11) is 0. The molecule has 0 saturated heterocycles. The molecule has 0 bridgehead atoms. The number of unbranched alkanes of at least 4 members (excludes halogenated alkanes) is 1. The SMILES string of the molecule is CCCCC1CCC[C@H](S)C/C(C)=C/C(CC(C)C)C1C1CCC([C@H](C)CCCC(C)C)[C@H]1C. The number of rotatable bonds is 11. The Morgan fingerprint density at radius 2 is 1.68 bits per heavy atom. The van der Waals surface area contributed by atoms with E-state index in [0.717, 1.165) is 53.3 Å². The van der Waals surface area contributed by atoms with Crippen molar-refractivity contribution >= 4 is 12.6 Å². The van der Waals surface area contributed by atoms with Gasteiger partial charge in [0, 0.05) is 5.25 Å². The highest BCUT2D eigenvalue weighted by molar-refractivity contribution is 7.80. The minimum atomic E-state index is 0.556. The summed E-state index contributed by atoms with van der Waals surface area (Å²) >= 11 is 4.98. The van der Waals surface area contributed by atoms with Gasteiger partial charge in [0.2, 0.25) is 0 Å². The van der Waals surface area contributed by atoms with Crippen molar-refractivity contribution in [2.24, 2.45) is 53.3 Å². The van der Waals surface area contributed by atoms with Gasteiger partial charge in [0.25, 0.3) is 0 Å². The Morgan fingerprint density at radius 3 is 2.32 bits per heavy atom. The zero-order valence-corrected chi connectivity index (χ0v) is 25.4. The first kappa shape index (κ1) is 30.3. The maximum Gasteiger partial charge on any atom is 0.00538 e. The summed E-state index contributed by atoms with van der Waals surface area (Å²) in [6.07, 6.45) is 20.9. The molecule has 2 rings (SSSR count). The number of allylic oxidation sites excluding steroid dienone is 2. The molecule has 0 aromatic rings. The number of hydrogen-bond donors (Lipinski definition) is 1. The molecule has 1 fully saturated rings. The van der Waals surface area contributed by atoms with E-state index in [2.05, 4.69) is 61.5 Å². The van der Waals surface area contributed by atoms with Gasteiger partial charge in [0.1, 0.15) is 0 Å². The molecule has 0 spiro atoms. The van der Waals surface area contributed by atoms with Gasteiger partial charge in [-0.15, -0.1) is 0 Å². The molecule has 0 heterocycles. The normalized spacial score (nSPS) is 36.0. The van der Waals surface area contributed by atoms with Gasteiger partial charge in [0.05, 0.1) is 0 Å². The zero-order chi connectivity index (χ0) is 25.3. The highest BCUT2D eigenvalue weighted by Crippen LogP contribution is 2.52. The van der Waals surface area contributed by atoms with Crippen molar-refractivity contribution in [3.8, 4) is 0 Å². The lowest BCUT2D eigenvalue weighted by molar-refractivity contribution is 0.0953. The van der Waals surface area contributed by atoms with Crippen LogP contribution in [0.5, 0.6) is 0 Å². The van der Waals surface area contributed by atoms with E-state index in [9.17, 15) is 0 Å². The summed E-state index contributed by atoms with van der Waals surface area (Å²) in [6, 6.07) is 0. The molecule has 5 unspecified atom stereocenters. The molecule has 0 aromatic heterocycles. The van der Waals surface area contributed by atoms with Crippen LogP contribution < -0.4 is 0 Å². The van der Waals surface area contributed by atoms with Crippen molar-refractivity contribution in [3.63, 3.8) is 0 Å². The van der Waals surface area contributed by atoms with E-state index in [0.29, 0.717) is 5.25 Å². The van der Waals surface area contributed by atoms with Crippen molar-refractivity contribution in [1.82, 2.24) is 0 Å². The summed E-state index contributed by atoms with van der Waals surface area (Å²) in [4.78, 5) is 0. The van der Waals surface area contributed by atoms with Crippen molar-refractivity contribution in [2.45, 2.75) is 144 Å². The predicted octanol–water partition coefficient (Wildman–Crippen LogP) is 11.0. The molecular weight excluding hydrogens is 428 g/mol. The summed E-state index contributed by atoms with van der Waals surface area (Å²) in [5.41, 5.74) is 1.62. The van der Waals surface area contributed by atoms with Gasteiger partial charge in [-0.05, 0) is 92.3 Å². The van der Waals surface area contributed by atoms with Crippen LogP contribution in [0.15, 0.2) is 11.6 Å². The van der Waals surface area contributed by atoms with Crippen LogP contribution in [-0.2, 0) is 0 Å². The van der Waals surface area contributed by atoms with Gasteiger partial charge in [-0.25, -0.2) is 0 Å². The zero-order valence-electron chi connectivity index (χ0n) is 24.5. The second kappa shape index (κ2) is 15.4. The Labute approximate surface area is 221 Å². The van der Waals surface area contributed by atoms with Crippen LogP contribution >= 0.6 is 12.6 Å². The predicted molar refractivity (Wildman–Crippen MR) is 158 cm³/mol. The van der Waals surface area contributed by atoms with Gasteiger partial charge < -0.3 is 0 Å². The number of thiol groups is 1. The maximum absolute atomic E-state index is 4.98. The number of hydrogen-bond acceptors (Lipinski definition) is 1. The van der Waals surface area contributed by atoms with Crippen LogP contribution in [-0.4, -0.2) is 5.25 Å². The van der Waals surface area contributed by atoms with Gasteiger partial charge >= 0.3 is 0 Å². The third-order valence-corrected chi connectivity index (χ3v) is 10.2. The molecule has 0 radical (unpaired) electrons. The quantitative estimate of drug-likeness (QED) is 0.216. The summed E-state index contributed by atoms with van der Waals surface area (Å²) in [5, 5.41) is 0.556. The molecule has 0 amide bonds. The Hall–Kier alpha value is 0.0900. The first-order chi connectivity index (χ1) is 16.1. The summed E-state index contributed by atoms with van der Waals surface area (Å²) < 4.78 is 0. The molecular formula is C33H62S. The lowest BCUT2D eigenvalue weighted by atomic mass is 9.64. The van der Waals surface area contributed by atoms with E-state index in [1.807, 2.05) is 0 Å². The summed E-state index contributed by atoms with van der Waals surface area (Å²) in [5.74, 6) is 7.88. The van der Waals surface area contributed by atoms with Gasteiger partial charge in [-0.3, -0.25) is 0 Å². The van der Waals surface area contributed by atoms with Crippen LogP contribution in [0.1, 0.15) is 139 Å². The van der Waals surface area contributed by atoms with Crippen LogP contribution in [0.3, 0.4) is 0 Å². The molecule has 1 saturated carbocycles. The van der Waals surface area contributed by atoms with Crippen LogP contribution in [0.4, 0.5) is 0 Å². The smallest absolute Gasteiger partial charge is 0.00538 e. The summed E-state index contributed by atoms with van der Waals surface area (Å²) in [6.45, 7) is 19.7. The Bertz CT molecular complexity index is 575. The van der Waals surface area contributed by atoms with E-state index < -0.39 is 0 Å². The monoisotopic (exact) mass is 490 g/mol. The van der Waals surface area contributed by atoms with Crippen molar-refractivity contribution in [1.29, 1.82) is 0 Å². The average Bonchev–Trinajstić information content (AvgIpc) is 3.11. The highest BCUT2D eigenvalue weighted by Gasteiger charge is 2.44. The first-order valence-electron chi connectivity index (χ1n) is 15.5. The second-order valence-corrected chi connectivity index (χ2v) is 14.4. The van der Waals surface area contributed by atoms with Crippen molar-refractivity contribution in [3.05, 3.63) is 11.6 Å². The fourth-order valence-corrected chi connectivity index (χ4v) is 8.52. The Balaban J connectivity index is 2.31. The molecule has 34 heavy (non-hydrogen) atoms. The fraction of sp³-hybridized carbons (Fsp3) is 0.939. The van der Waals surface area contributed by atoms with Gasteiger partial charge in [-0.2, -0.15) is 12.6 Å². The third-order valence-electron chi connectivity index (χ3n) is 9.73. The molecule has 200 valence electrons. The Kier molecular flexibility index (Phi) is 13.7. The molecule has 8 atom stereocenters. The minimum absolute atomic E-state index is 0.556. The molecule has 1 heteroatoms. The molecule has 2 aliphatic carbocycles. The van der Waals surface area contributed by atoms with E-state index in [1.54, 1.807) is 5.57 Å². The second-order valence-electron chi connectivity index (χ2n) is 13.6. The van der Waals surface area contributed by atoms with Crippen molar-refractivity contribution in [2.75, 3.05) is 0 Å². The lowest BCUT2D eigenvalue weighted by Gasteiger charge is -2.42. The van der Waals surface area contributed by atoms with Crippen LogP contribution in [0, 0.1) is 53.3 Å². The van der Waals surface area contributed by atoms with Crippen LogP contribution in [0.25, 0.3) is 0 Å². The molecule has 0 N–H and O–H groups in total. The van der Waals surface area contributed by atoms with E-state index in [-0.39, 0.29) is 0 Å². The standard InChI is InChI=1S/C33H62S/c1-9-10-15-28-16-12-17-30(34)22-25(6)21-29(20-24(4)5)33(28)32-19-18-31(27(32)8)26(7)14-11-13-23(2)3/h21,23-24,26-34H,9-20,22H2,1-8H3/b25-21+/t26-,27-,28?,29?,30+,31?,32?,33?/m1/s1. The van der Waals surface area contributed by atoms with E-state index in [4.69, 9.17) is 12.6 Å². The van der Waals surface area contributed by atoms with Gasteiger partial charge in [0.15, 0.2) is 0 Å². The lowest BCUT2D eigenvalue weighted by Crippen LogP contribution is -2.34. The fourth-order valence-electron chi connectivity index (χ4n) is 8.05. The van der Waals surface area contributed by atoms with E-state index in [1.165, 1.54) is 83.5 Å². The topological polar surface area (TPSA) is 0 Å². The minimum Gasteiger partial charge on any atom is -0.176 e. The maximum atomic E-state index is 4.98.